The van der Waals surface area contributed by atoms with E-state index in [1.807, 2.05) is 12.1 Å². The summed E-state index contributed by atoms with van der Waals surface area (Å²) in [6.07, 6.45) is -0.778. The van der Waals surface area contributed by atoms with E-state index in [9.17, 15) is 9.59 Å². The molecule has 1 aliphatic rings. The number of rotatable bonds is 7. The predicted molar refractivity (Wildman–Crippen MR) is 131 cm³/mol. The number of ether oxygens (including phenoxy) is 3. The van der Waals surface area contributed by atoms with Crippen LogP contribution in [0.2, 0.25) is 5.02 Å². The number of aromatic nitrogens is 1. The highest BCUT2D eigenvalue weighted by Gasteiger charge is 2.27. The van der Waals surface area contributed by atoms with Crippen LogP contribution in [0.25, 0.3) is 0 Å². The van der Waals surface area contributed by atoms with Gasteiger partial charge in [-0.05, 0) is 54.8 Å². The zero-order valence-corrected chi connectivity index (χ0v) is 20.0. The smallest absolute Gasteiger partial charge is 0.493 e. The Morgan fingerprint density at radius 3 is 2.69 bits per heavy atom. The maximum Gasteiger partial charge on any atom is 0.506 e. The second kappa shape index (κ2) is 10.7. The number of nitrogens with zero attached hydrogens (tertiary/aromatic N) is 1. The van der Waals surface area contributed by atoms with Gasteiger partial charge in [-0.15, -0.1) is 0 Å². The molecular formula is C26H25ClN2O6. The van der Waals surface area contributed by atoms with Crippen LogP contribution in [0, 0.1) is 5.92 Å². The van der Waals surface area contributed by atoms with Crippen molar-refractivity contribution in [2.45, 2.75) is 32.8 Å². The first-order chi connectivity index (χ1) is 16.8. The van der Waals surface area contributed by atoms with Crippen molar-refractivity contribution in [1.29, 1.82) is 0 Å². The standard InChI is InChI=1S/C26H25ClN2O6/c1-15(2)12-17-4-3-5-24(28-17)29-25(30)16-6-8-18(9-7-16)34-23-14-22-19(13-20(23)27)21(10-11-33-22)35-26(31)32/h3-9,13-15,21H,10-12H2,1-2H3,(H,31,32)(H,28,29,30). The fraction of sp³-hybridized carbons (Fsp3) is 0.269. The molecule has 1 amide bonds. The van der Waals surface area contributed by atoms with Crippen molar-refractivity contribution in [3.8, 4) is 17.2 Å². The molecule has 1 unspecified atom stereocenters. The van der Waals surface area contributed by atoms with Gasteiger partial charge < -0.3 is 24.6 Å². The summed E-state index contributed by atoms with van der Waals surface area (Å²) in [6, 6.07) is 15.4. The molecule has 182 valence electrons. The first kappa shape index (κ1) is 24.3. The van der Waals surface area contributed by atoms with Crippen molar-refractivity contribution in [3.63, 3.8) is 0 Å². The molecule has 3 aromatic rings. The third kappa shape index (κ3) is 6.22. The fourth-order valence-corrected chi connectivity index (χ4v) is 3.96. The SMILES string of the molecule is CC(C)Cc1cccc(NC(=O)c2ccc(Oc3cc4c(cc3Cl)C(OC(=O)O)CCO4)cc2)n1. The molecule has 0 spiro atoms. The van der Waals surface area contributed by atoms with Gasteiger partial charge >= 0.3 is 6.16 Å². The van der Waals surface area contributed by atoms with Gasteiger partial charge in [0.05, 0.1) is 11.6 Å². The number of amides is 1. The molecule has 0 fully saturated rings. The van der Waals surface area contributed by atoms with Gasteiger partial charge in [-0.3, -0.25) is 4.79 Å². The molecule has 2 heterocycles. The Hall–Kier alpha value is -3.78. The lowest BCUT2D eigenvalue weighted by molar-refractivity contribution is 0.0326. The van der Waals surface area contributed by atoms with Gasteiger partial charge in [0.1, 0.15) is 29.2 Å². The number of hydrogen-bond donors (Lipinski definition) is 2. The highest BCUT2D eigenvalue weighted by Crippen LogP contribution is 2.42. The van der Waals surface area contributed by atoms with Crippen LogP contribution < -0.4 is 14.8 Å². The molecule has 0 saturated heterocycles. The summed E-state index contributed by atoms with van der Waals surface area (Å²) in [5.74, 6) is 1.94. The van der Waals surface area contributed by atoms with Crippen molar-refractivity contribution >= 4 is 29.5 Å². The monoisotopic (exact) mass is 496 g/mol. The number of pyridine rings is 1. The van der Waals surface area contributed by atoms with Crippen molar-refractivity contribution < 1.29 is 28.9 Å². The van der Waals surface area contributed by atoms with Crippen molar-refractivity contribution in [3.05, 3.63) is 76.4 Å². The molecule has 0 saturated carbocycles. The Kier molecular flexibility index (Phi) is 7.41. The lowest BCUT2D eigenvalue weighted by Gasteiger charge is -2.25. The van der Waals surface area contributed by atoms with Gasteiger partial charge in [0, 0.05) is 29.3 Å². The number of carboxylic acid groups (broad SMARTS) is 1. The van der Waals surface area contributed by atoms with Crippen LogP contribution in [0.1, 0.15) is 48.0 Å². The molecular weight excluding hydrogens is 472 g/mol. The average Bonchev–Trinajstić information content (AvgIpc) is 2.80. The van der Waals surface area contributed by atoms with E-state index in [1.54, 1.807) is 42.5 Å². The number of benzene rings is 2. The molecule has 1 aromatic heterocycles. The second-order valence-corrected chi connectivity index (χ2v) is 8.93. The average molecular weight is 497 g/mol. The van der Waals surface area contributed by atoms with Gasteiger partial charge in [-0.25, -0.2) is 9.78 Å². The summed E-state index contributed by atoms with van der Waals surface area (Å²) < 4.78 is 16.4. The van der Waals surface area contributed by atoms with E-state index in [4.69, 9.17) is 30.9 Å². The van der Waals surface area contributed by atoms with Crippen molar-refractivity contribution in [2.24, 2.45) is 5.92 Å². The van der Waals surface area contributed by atoms with E-state index >= 15 is 0 Å². The van der Waals surface area contributed by atoms with Gasteiger partial charge in [-0.2, -0.15) is 0 Å². The molecule has 9 heteroatoms. The van der Waals surface area contributed by atoms with E-state index < -0.39 is 12.3 Å². The maximum absolute atomic E-state index is 12.7. The number of fused-ring (bicyclic) bond motifs is 1. The molecule has 2 aromatic carbocycles. The summed E-state index contributed by atoms with van der Waals surface area (Å²) >= 11 is 6.37. The molecule has 35 heavy (non-hydrogen) atoms. The summed E-state index contributed by atoms with van der Waals surface area (Å²) in [6.45, 7) is 4.54. The van der Waals surface area contributed by atoms with E-state index in [0.717, 1.165) is 12.1 Å². The minimum atomic E-state index is -1.36. The Labute approximate surface area is 207 Å². The number of anilines is 1. The summed E-state index contributed by atoms with van der Waals surface area (Å²) in [7, 11) is 0. The number of carbonyl (C=O) groups is 2. The molecule has 4 rings (SSSR count). The van der Waals surface area contributed by atoms with Gasteiger partial charge in [0.15, 0.2) is 0 Å². The lowest BCUT2D eigenvalue weighted by Crippen LogP contribution is -2.18. The summed E-state index contributed by atoms with van der Waals surface area (Å²) in [4.78, 5) is 28.1. The topological polar surface area (TPSA) is 107 Å². The number of hydrogen-bond acceptors (Lipinski definition) is 6. The van der Waals surface area contributed by atoms with E-state index in [0.29, 0.717) is 53.1 Å². The van der Waals surface area contributed by atoms with Crippen molar-refractivity contribution in [2.75, 3.05) is 11.9 Å². The maximum atomic E-state index is 12.7. The second-order valence-electron chi connectivity index (χ2n) is 8.52. The summed E-state index contributed by atoms with van der Waals surface area (Å²) in [5, 5.41) is 12.0. The van der Waals surface area contributed by atoms with Crippen LogP contribution >= 0.6 is 11.6 Å². The van der Waals surface area contributed by atoms with E-state index in [2.05, 4.69) is 24.1 Å². The van der Waals surface area contributed by atoms with Gasteiger partial charge in [0.25, 0.3) is 5.91 Å². The molecule has 0 bridgehead atoms. The van der Waals surface area contributed by atoms with Crippen LogP contribution in [-0.4, -0.2) is 28.8 Å². The quantitative estimate of drug-likeness (QED) is 0.359. The predicted octanol–water partition coefficient (Wildman–Crippen LogP) is 6.50. The Morgan fingerprint density at radius 2 is 1.97 bits per heavy atom. The Morgan fingerprint density at radius 1 is 1.20 bits per heavy atom. The summed E-state index contributed by atoms with van der Waals surface area (Å²) in [5.41, 5.74) is 1.92. The van der Waals surface area contributed by atoms with Gasteiger partial charge in [-0.1, -0.05) is 31.5 Å². The molecule has 1 atom stereocenters. The van der Waals surface area contributed by atoms with Crippen LogP contribution in [0.15, 0.2) is 54.6 Å². The van der Waals surface area contributed by atoms with Crippen LogP contribution in [0.4, 0.5) is 10.6 Å². The Balaban J connectivity index is 1.44. The molecule has 0 aliphatic carbocycles. The molecule has 2 N–H and O–H groups in total. The minimum Gasteiger partial charge on any atom is -0.493 e. The zero-order chi connectivity index (χ0) is 24.9. The number of carbonyl (C=O) groups excluding carboxylic acids is 1. The first-order valence-electron chi connectivity index (χ1n) is 11.2. The first-order valence-corrected chi connectivity index (χ1v) is 11.6. The van der Waals surface area contributed by atoms with Crippen LogP contribution in [-0.2, 0) is 11.2 Å². The minimum absolute atomic E-state index is 0.280. The van der Waals surface area contributed by atoms with Crippen LogP contribution in [0.3, 0.4) is 0 Å². The largest absolute Gasteiger partial charge is 0.506 e. The van der Waals surface area contributed by atoms with Crippen molar-refractivity contribution in [1.82, 2.24) is 4.98 Å². The molecule has 1 aliphatic heterocycles. The third-order valence-electron chi connectivity index (χ3n) is 5.30. The lowest BCUT2D eigenvalue weighted by atomic mass is 10.0. The normalized spacial score (nSPS) is 14.6. The number of halogens is 1. The highest BCUT2D eigenvalue weighted by molar-refractivity contribution is 6.32. The zero-order valence-electron chi connectivity index (χ0n) is 19.3. The van der Waals surface area contributed by atoms with Gasteiger partial charge in [0.2, 0.25) is 0 Å². The highest BCUT2D eigenvalue weighted by atomic mass is 35.5. The molecule has 0 radical (unpaired) electrons. The number of nitrogens with one attached hydrogen (secondary N) is 1. The fourth-order valence-electron chi connectivity index (χ4n) is 3.75. The van der Waals surface area contributed by atoms with Crippen LogP contribution in [0.5, 0.6) is 17.2 Å². The van der Waals surface area contributed by atoms with E-state index in [1.165, 1.54) is 0 Å². The third-order valence-corrected chi connectivity index (χ3v) is 5.60. The Bertz CT molecular complexity index is 1230. The molecule has 8 nitrogen and oxygen atoms in total. The van der Waals surface area contributed by atoms with E-state index in [-0.39, 0.29) is 10.9 Å².